The Balaban J connectivity index is -0.000000616. The summed E-state index contributed by atoms with van der Waals surface area (Å²) in [6, 6.07) is 0. The van der Waals surface area contributed by atoms with Gasteiger partial charge < -0.3 is 10.6 Å². The van der Waals surface area contributed by atoms with Crippen LogP contribution in [0.5, 0.6) is 0 Å². The molecule has 103 valence electrons. The van der Waals surface area contributed by atoms with E-state index < -0.39 is 0 Å². The van der Waals surface area contributed by atoms with Crippen LogP contribution in [0.25, 0.3) is 5.73 Å². The van der Waals surface area contributed by atoms with Gasteiger partial charge in [-0.25, -0.2) is 0 Å². The third kappa shape index (κ3) is 22.7. The molecule has 1 N–H and O–H groups in total. The average Bonchev–Trinajstić information content (AvgIpc) is 2.33. The average molecular weight is 318 g/mol. The maximum atomic E-state index is 7.03. The van der Waals surface area contributed by atoms with E-state index in [0.717, 1.165) is 6.42 Å². The Kier molecular flexibility index (Phi) is 30.3. The normalized spacial score (nSPS) is 9.53. The Morgan fingerprint density at radius 2 is 1.29 bits per heavy atom. The molecule has 0 aromatic carbocycles. The number of nitrogens with zero attached hydrogens (tertiary/aromatic N) is 1. The van der Waals surface area contributed by atoms with E-state index in [-0.39, 0.29) is 32.7 Å². The minimum atomic E-state index is 0. The fourth-order valence-corrected chi connectivity index (χ4v) is 1.60. The van der Waals surface area contributed by atoms with Gasteiger partial charge in [0.2, 0.25) is 0 Å². The van der Waals surface area contributed by atoms with Gasteiger partial charge in [0.1, 0.15) is 0 Å². The van der Waals surface area contributed by atoms with Gasteiger partial charge in [-0.05, 0) is 33.0 Å². The molecule has 0 aliphatic rings. The Labute approximate surface area is 135 Å². The second-order valence-corrected chi connectivity index (χ2v) is 4.17. The molecule has 1 radical (unpaired) electrons. The van der Waals surface area contributed by atoms with Crippen LogP contribution < -0.4 is 0 Å². The van der Waals surface area contributed by atoms with Crippen molar-refractivity contribution in [1.29, 1.82) is 0 Å². The SMILES string of the molecule is CC.CCCCCCN(C)CCCCC[NH-].[Y]. The van der Waals surface area contributed by atoms with Crippen molar-refractivity contribution in [2.45, 2.75) is 65.7 Å². The third-order valence-corrected chi connectivity index (χ3v) is 2.61. The predicted molar refractivity (Wildman–Crippen MR) is 76.0 cm³/mol. The summed E-state index contributed by atoms with van der Waals surface area (Å²) in [6.07, 6.45) is 9.01. The predicted octanol–water partition coefficient (Wildman–Crippen LogP) is 4.74. The van der Waals surface area contributed by atoms with Gasteiger partial charge in [0.15, 0.2) is 0 Å². The van der Waals surface area contributed by atoms with Gasteiger partial charge in [0, 0.05) is 32.7 Å². The zero-order valence-electron chi connectivity index (χ0n) is 12.6. The van der Waals surface area contributed by atoms with Crippen LogP contribution in [0, 0.1) is 0 Å². The van der Waals surface area contributed by atoms with Crippen molar-refractivity contribution in [2.24, 2.45) is 0 Å². The summed E-state index contributed by atoms with van der Waals surface area (Å²) in [4.78, 5) is 2.43. The van der Waals surface area contributed by atoms with Gasteiger partial charge in [0.25, 0.3) is 0 Å². The van der Waals surface area contributed by atoms with E-state index in [2.05, 4.69) is 18.9 Å². The van der Waals surface area contributed by atoms with Crippen LogP contribution in [0.15, 0.2) is 0 Å². The summed E-state index contributed by atoms with van der Waals surface area (Å²) in [6.45, 7) is 9.32. The monoisotopic (exact) mass is 318 g/mol. The molecule has 0 saturated carbocycles. The molecule has 0 heterocycles. The van der Waals surface area contributed by atoms with E-state index in [9.17, 15) is 0 Å². The van der Waals surface area contributed by atoms with E-state index >= 15 is 0 Å². The maximum absolute atomic E-state index is 7.03. The van der Waals surface area contributed by atoms with Crippen molar-refractivity contribution < 1.29 is 32.7 Å². The molecule has 3 heteroatoms. The molecule has 0 rings (SSSR count). The van der Waals surface area contributed by atoms with Gasteiger partial charge in [-0.1, -0.05) is 52.9 Å². The summed E-state index contributed by atoms with van der Waals surface area (Å²) < 4.78 is 0. The van der Waals surface area contributed by atoms with Crippen molar-refractivity contribution >= 4 is 0 Å². The van der Waals surface area contributed by atoms with Crippen LogP contribution in [-0.4, -0.2) is 31.6 Å². The smallest absolute Gasteiger partial charge is 0 e. The van der Waals surface area contributed by atoms with Gasteiger partial charge in [-0.2, -0.15) is 6.54 Å². The molecule has 17 heavy (non-hydrogen) atoms. The minimum Gasteiger partial charge on any atom is -0.677 e. The zero-order chi connectivity index (χ0) is 12.6. The molecule has 0 amide bonds. The van der Waals surface area contributed by atoms with E-state index in [0.29, 0.717) is 6.54 Å². The molecule has 0 bridgehead atoms. The third-order valence-electron chi connectivity index (χ3n) is 2.61. The van der Waals surface area contributed by atoms with Crippen molar-refractivity contribution in [3.05, 3.63) is 5.73 Å². The molecule has 0 aliphatic heterocycles. The van der Waals surface area contributed by atoms with Crippen molar-refractivity contribution in [3.8, 4) is 0 Å². The molecule has 0 fully saturated rings. The van der Waals surface area contributed by atoms with E-state index in [1.165, 1.54) is 51.6 Å². The first-order valence-corrected chi connectivity index (χ1v) is 7.14. The topological polar surface area (TPSA) is 27.0 Å². The molecule has 0 atom stereocenters. The van der Waals surface area contributed by atoms with Crippen molar-refractivity contribution in [2.75, 3.05) is 26.7 Å². The Hall–Kier alpha value is 1.02. The van der Waals surface area contributed by atoms with Crippen LogP contribution in [0.2, 0.25) is 0 Å². The van der Waals surface area contributed by atoms with E-state index in [4.69, 9.17) is 5.73 Å². The summed E-state index contributed by atoms with van der Waals surface area (Å²) >= 11 is 0. The maximum Gasteiger partial charge on any atom is 0 e. The number of unbranched alkanes of at least 4 members (excludes halogenated alkanes) is 5. The fraction of sp³-hybridized carbons (Fsp3) is 1.00. The zero-order valence-corrected chi connectivity index (χ0v) is 15.4. The first-order valence-electron chi connectivity index (χ1n) is 7.14. The van der Waals surface area contributed by atoms with E-state index in [1.54, 1.807) is 0 Å². The van der Waals surface area contributed by atoms with Gasteiger partial charge >= 0.3 is 0 Å². The fourth-order valence-electron chi connectivity index (χ4n) is 1.60. The van der Waals surface area contributed by atoms with Crippen molar-refractivity contribution in [3.63, 3.8) is 0 Å². The number of hydrogen-bond acceptors (Lipinski definition) is 1. The first-order chi connectivity index (χ1) is 7.81. The Bertz CT molecular complexity index is 98.4. The van der Waals surface area contributed by atoms with Gasteiger partial charge in [0.05, 0.1) is 0 Å². The van der Waals surface area contributed by atoms with Crippen LogP contribution in [0.3, 0.4) is 0 Å². The second-order valence-electron chi connectivity index (χ2n) is 4.17. The number of hydrogen-bond donors (Lipinski definition) is 0. The number of nitrogens with one attached hydrogen (secondary N) is 1. The molecule has 0 saturated heterocycles. The molecular formula is C14H33N2Y-. The first kappa shape index (κ1) is 23.1. The van der Waals surface area contributed by atoms with Crippen LogP contribution >= 0.6 is 0 Å². The molecule has 0 aliphatic carbocycles. The number of rotatable bonds is 10. The quantitative estimate of drug-likeness (QED) is 0.534. The van der Waals surface area contributed by atoms with Gasteiger partial charge in [-0.3, -0.25) is 0 Å². The standard InChI is InChI=1S/C12H27N2.C2H6.Y/c1-3-4-5-8-11-14(2)12-9-6-7-10-13;1-2;/h13H,3-12H2,1-2H3;1-2H3;/q-1;;. The molecule has 0 aromatic rings. The summed E-state index contributed by atoms with van der Waals surface area (Å²) in [5.74, 6) is 0. The summed E-state index contributed by atoms with van der Waals surface area (Å²) in [7, 11) is 2.21. The molecule has 0 aromatic heterocycles. The second kappa shape index (κ2) is 22.2. The molecular weight excluding hydrogens is 285 g/mol. The van der Waals surface area contributed by atoms with Crippen molar-refractivity contribution in [1.82, 2.24) is 4.90 Å². The molecule has 0 spiro atoms. The Morgan fingerprint density at radius 1 is 0.824 bits per heavy atom. The van der Waals surface area contributed by atoms with E-state index in [1.807, 2.05) is 13.8 Å². The largest absolute Gasteiger partial charge is 0.677 e. The van der Waals surface area contributed by atoms with Crippen LogP contribution in [0.1, 0.15) is 65.7 Å². The minimum absolute atomic E-state index is 0. The molecule has 0 unspecified atom stereocenters. The molecule has 2 nitrogen and oxygen atoms in total. The summed E-state index contributed by atoms with van der Waals surface area (Å²) in [5, 5.41) is 0. The van der Waals surface area contributed by atoms with Crippen LogP contribution in [0.4, 0.5) is 0 Å². The van der Waals surface area contributed by atoms with Crippen LogP contribution in [-0.2, 0) is 32.7 Å². The summed E-state index contributed by atoms with van der Waals surface area (Å²) in [5.41, 5.74) is 7.03. The van der Waals surface area contributed by atoms with Gasteiger partial charge in [-0.15, -0.1) is 0 Å². The Morgan fingerprint density at radius 3 is 1.71 bits per heavy atom.